The maximum Gasteiger partial charge on any atom is 0.241 e. The van der Waals surface area contributed by atoms with Crippen LogP contribution in [0.5, 0.6) is 0 Å². The number of nitrogens with zero attached hydrogens (tertiary/aromatic N) is 1. The number of amides is 1. The molecule has 3 rings (SSSR count). The summed E-state index contributed by atoms with van der Waals surface area (Å²) in [5, 5.41) is 13.7. The Morgan fingerprint density at radius 3 is 2.32 bits per heavy atom. The fourth-order valence-corrected chi connectivity index (χ4v) is 5.55. The average Bonchev–Trinajstić information content (AvgIpc) is 2.84. The zero-order valence-corrected chi connectivity index (χ0v) is 20.5. The molecule has 2 N–H and O–H groups in total. The smallest absolute Gasteiger partial charge is 0.241 e. The highest BCUT2D eigenvalue weighted by molar-refractivity contribution is 7.89. The van der Waals surface area contributed by atoms with Gasteiger partial charge in [0.15, 0.2) is 0 Å². The van der Waals surface area contributed by atoms with Crippen LogP contribution in [0.15, 0.2) is 71.6 Å². The van der Waals surface area contributed by atoms with Crippen LogP contribution in [0.2, 0.25) is 0 Å². The zero-order valence-electron chi connectivity index (χ0n) is 19.7. The van der Waals surface area contributed by atoms with Crippen LogP contribution < -0.4 is 10.0 Å². The molecule has 1 unspecified atom stereocenters. The number of unbranched alkanes of at least 4 members (excludes halogenated alkanes) is 2. The first-order chi connectivity index (χ1) is 16.3. The second-order valence-corrected chi connectivity index (χ2v) is 10.2. The molecule has 6 nitrogen and oxygen atoms in total. The van der Waals surface area contributed by atoms with Crippen LogP contribution in [0.4, 0.5) is 0 Å². The molecule has 1 amide bonds. The first kappa shape index (κ1) is 25.4. The molecule has 0 saturated carbocycles. The largest absolute Gasteiger partial charge is 0.355 e. The van der Waals surface area contributed by atoms with Crippen LogP contribution in [-0.2, 0) is 21.2 Å². The number of sulfonamides is 1. The van der Waals surface area contributed by atoms with E-state index in [2.05, 4.69) is 23.0 Å². The van der Waals surface area contributed by atoms with Crippen LogP contribution in [-0.4, -0.2) is 26.4 Å². The van der Waals surface area contributed by atoms with E-state index in [9.17, 15) is 13.2 Å². The number of hydrogen-bond donors (Lipinski definition) is 2. The van der Waals surface area contributed by atoms with Gasteiger partial charge in [-0.25, -0.2) is 8.42 Å². The summed E-state index contributed by atoms with van der Waals surface area (Å²) in [6.07, 6.45) is 3.07. The van der Waals surface area contributed by atoms with Gasteiger partial charge >= 0.3 is 0 Å². The summed E-state index contributed by atoms with van der Waals surface area (Å²) in [7, 11) is -4.01. The average molecular weight is 478 g/mol. The lowest BCUT2D eigenvalue weighted by Crippen LogP contribution is -2.60. The number of hydrogen-bond acceptors (Lipinski definition) is 4. The summed E-state index contributed by atoms with van der Waals surface area (Å²) in [5.74, 6) is -0.347. The number of carbonyl (C=O) groups excluding carboxylic acids is 1. The lowest BCUT2D eigenvalue weighted by molar-refractivity contribution is -0.127. The summed E-state index contributed by atoms with van der Waals surface area (Å²) < 4.78 is 30.0. The minimum atomic E-state index is -4.01. The van der Waals surface area contributed by atoms with Crippen LogP contribution >= 0.6 is 0 Å². The predicted molar refractivity (Wildman–Crippen MR) is 135 cm³/mol. The van der Waals surface area contributed by atoms with Crippen molar-refractivity contribution in [2.24, 2.45) is 0 Å². The van der Waals surface area contributed by atoms with E-state index in [4.69, 9.17) is 5.26 Å². The van der Waals surface area contributed by atoms with Gasteiger partial charge in [-0.2, -0.15) is 9.98 Å². The highest BCUT2D eigenvalue weighted by Gasteiger charge is 2.41. The number of nitrogens with one attached hydrogen (secondary N) is 2. The first-order valence-corrected chi connectivity index (χ1v) is 13.1. The molecule has 178 valence electrons. The molecule has 0 fully saturated rings. The number of fused-ring (bicyclic) bond motifs is 1. The van der Waals surface area contributed by atoms with Crippen LogP contribution in [0.25, 0.3) is 10.8 Å². The van der Waals surface area contributed by atoms with E-state index < -0.39 is 15.6 Å². The minimum Gasteiger partial charge on any atom is -0.355 e. The molecule has 0 radical (unpaired) electrons. The Balaban J connectivity index is 2.04. The fourth-order valence-electron chi connectivity index (χ4n) is 4.12. The molecule has 1 atom stereocenters. The molecule has 0 aromatic heterocycles. The van der Waals surface area contributed by atoms with Crippen LogP contribution in [0.3, 0.4) is 0 Å². The molecule has 3 aromatic carbocycles. The number of rotatable bonds is 11. The van der Waals surface area contributed by atoms with Gasteiger partial charge in [0.25, 0.3) is 0 Å². The summed E-state index contributed by atoms with van der Waals surface area (Å²) in [6, 6.07) is 21.5. The highest BCUT2D eigenvalue weighted by Crippen LogP contribution is 2.26. The van der Waals surface area contributed by atoms with Crippen molar-refractivity contribution in [3.05, 3.63) is 77.9 Å². The molecule has 3 aromatic rings. The van der Waals surface area contributed by atoms with E-state index in [1.54, 1.807) is 42.5 Å². The monoisotopic (exact) mass is 477 g/mol. The van der Waals surface area contributed by atoms with Crippen LogP contribution in [0.1, 0.15) is 50.7 Å². The number of benzene rings is 3. The number of nitriles is 1. The molecule has 0 spiro atoms. The molecule has 34 heavy (non-hydrogen) atoms. The Bertz CT molecular complexity index is 1280. The molecule has 0 aliphatic heterocycles. The van der Waals surface area contributed by atoms with Gasteiger partial charge in [0.2, 0.25) is 15.9 Å². The third-order valence-corrected chi connectivity index (χ3v) is 7.46. The quantitative estimate of drug-likeness (QED) is 0.392. The van der Waals surface area contributed by atoms with Crippen molar-refractivity contribution < 1.29 is 13.2 Å². The lowest BCUT2D eigenvalue weighted by atomic mass is 9.85. The molecule has 0 saturated heterocycles. The van der Waals surface area contributed by atoms with Crippen molar-refractivity contribution in [1.82, 2.24) is 10.0 Å². The van der Waals surface area contributed by atoms with Gasteiger partial charge in [0.05, 0.1) is 16.5 Å². The lowest BCUT2D eigenvalue weighted by Gasteiger charge is -2.33. The van der Waals surface area contributed by atoms with Crippen molar-refractivity contribution in [2.75, 3.05) is 6.54 Å². The van der Waals surface area contributed by atoms with Crippen molar-refractivity contribution >= 4 is 26.7 Å². The Morgan fingerprint density at radius 2 is 1.68 bits per heavy atom. The van der Waals surface area contributed by atoms with Crippen molar-refractivity contribution in [3.63, 3.8) is 0 Å². The van der Waals surface area contributed by atoms with Crippen LogP contribution in [0, 0.1) is 11.3 Å². The summed E-state index contributed by atoms with van der Waals surface area (Å²) >= 11 is 0. The summed E-state index contributed by atoms with van der Waals surface area (Å²) in [6.45, 7) is 4.27. The van der Waals surface area contributed by atoms with Gasteiger partial charge in [-0.05, 0) is 53.9 Å². The normalized spacial score (nSPS) is 13.2. The summed E-state index contributed by atoms with van der Waals surface area (Å²) in [4.78, 5) is 13.5. The SMILES string of the molecule is CCCCCC(Cc1ccc(C#N)cc1)(NS(=O)(=O)c1ccc2ccccc2c1)C(=O)NCC. The van der Waals surface area contributed by atoms with E-state index >= 15 is 0 Å². The second kappa shape index (κ2) is 11.3. The molecule has 0 aliphatic carbocycles. The Labute approximate surface area is 202 Å². The second-order valence-electron chi connectivity index (χ2n) is 8.50. The third kappa shape index (κ3) is 6.02. The topological polar surface area (TPSA) is 99.1 Å². The summed E-state index contributed by atoms with van der Waals surface area (Å²) in [5.41, 5.74) is -0.0675. The molecular formula is C27H31N3O3S. The molecule has 7 heteroatoms. The minimum absolute atomic E-state index is 0.121. The van der Waals surface area contributed by atoms with Gasteiger partial charge in [0, 0.05) is 13.0 Å². The fraction of sp³-hybridized carbons (Fsp3) is 0.333. The number of likely N-dealkylation sites (N-methyl/N-ethyl adjacent to an activating group) is 1. The van der Waals surface area contributed by atoms with Gasteiger partial charge in [-0.1, -0.05) is 68.7 Å². The first-order valence-electron chi connectivity index (χ1n) is 11.6. The number of carbonyl (C=O) groups is 1. The van der Waals surface area contributed by atoms with Gasteiger partial charge < -0.3 is 5.32 Å². The van der Waals surface area contributed by atoms with E-state index in [1.165, 1.54) is 0 Å². The van der Waals surface area contributed by atoms with Crippen molar-refractivity contribution in [3.8, 4) is 6.07 Å². The Hall–Kier alpha value is -3.21. The van der Waals surface area contributed by atoms with E-state index in [1.807, 2.05) is 31.2 Å². The van der Waals surface area contributed by atoms with Gasteiger partial charge in [0.1, 0.15) is 5.54 Å². The van der Waals surface area contributed by atoms with E-state index in [0.29, 0.717) is 24.9 Å². The maximum atomic E-state index is 13.6. The standard InChI is InChI=1S/C27H31N3O3S/c1-3-5-8-17-27(26(31)29-4-2,19-21-11-13-22(20-28)14-12-21)30-34(32,33)25-16-15-23-9-6-7-10-24(23)18-25/h6-7,9-16,18,30H,3-5,8,17,19H2,1-2H3,(H,29,31). The zero-order chi connectivity index (χ0) is 24.6. The molecule has 0 bridgehead atoms. The van der Waals surface area contributed by atoms with E-state index in [0.717, 1.165) is 29.2 Å². The molecule has 0 aliphatic rings. The van der Waals surface area contributed by atoms with Gasteiger partial charge in [-0.15, -0.1) is 0 Å². The van der Waals surface area contributed by atoms with E-state index in [-0.39, 0.29) is 17.2 Å². The third-order valence-electron chi connectivity index (χ3n) is 5.93. The van der Waals surface area contributed by atoms with Crippen molar-refractivity contribution in [1.29, 1.82) is 5.26 Å². The predicted octanol–water partition coefficient (Wildman–Crippen LogP) is 4.69. The van der Waals surface area contributed by atoms with Gasteiger partial charge in [-0.3, -0.25) is 4.79 Å². The molecular weight excluding hydrogens is 446 g/mol. The maximum absolute atomic E-state index is 13.6. The Morgan fingerprint density at radius 1 is 0.971 bits per heavy atom. The highest BCUT2D eigenvalue weighted by atomic mass is 32.2. The van der Waals surface area contributed by atoms with Crippen molar-refractivity contribution in [2.45, 2.75) is 56.4 Å². The Kier molecular flexibility index (Phi) is 8.43. The molecule has 0 heterocycles.